The fraction of sp³-hybridized carbons (Fsp3) is 0.462. The molecule has 112 valence electrons. The van der Waals surface area contributed by atoms with Crippen molar-refractivity contribution in [2.75, 3.05) is 25.0 Å². The van der Waals surface area contributed by atoms with Crippen molar-refractivity contribution in [1.29, 1.82) is 0 Å². The number of halogens is 2. The number of rotatable bonds is 3. The van der Waals surface area contributed by atoms with Gasteiger partial charge in [0, 0.05) is 26.3 Å². The number of hydrogen-bond acceptors (Lipinski definition) is 4. The Morgan fingerprint density at radius 1 is 1.52 bits per heavy atom. The van der Waals surface area contributed by atoms with Gasteiger partial charge in [-0.15, -0.1) is 0 Å². The summed E-state index contributed by atoms with van der Waals surface area (Å²) in [6.45, 7) is 1.16. The molecule has 21 heavy (non-hydrogen) atoms. The Morgan fingerprint density at radius 3 is 3.10 bits per heavy atom. The average molecular weight is 295 g/mol. The van der Waals surface area contributed by atoms with E-state index in [2.05, 4.69) is 15.0 Å². The van der Waals surface area contributed by atoms with Crippen molar-refractivity contribution in [3.05, 3.63) is 18.6 Å². The van der Waals surface area contributed by atoms with Crippen LogP contribution in [0.4, 0.5) is 14.6 Å². The molecule has 0 bridgehead atoms. The smallest absolute Gasteiger partial charge is 0.315 e. The van der Waals surface area contributed by atoms with Crippen molar-refractivity contribution in [3.63, 3.8) is 0 Å². The maximum absolute atomic E-state index is 12.5. The molecule has 1 aliphatic rings. The Balaban J connectivity index is 1.78. The molecule has 0 spiro atoms. The first-order chi connectivity index (χ1) is 10.1. The van der Waals surface area contributed by atoms with Gasteiger partial charge in [0.2, 0.25) is 0 Å². The van der Waals surface area contributed by atoms with Crippen LogP contribution in [-0.4, -0.2) is 58.4 Å². The van der Waals surface area contributed by atoms with Gasteiger partial charge in [-0.2, -0.15) is 8.78 Å². The monoisotopic (exact) mass is 295 g/mol. The van der Waals surface area contributed by atoms with Crippen LogP contribution in [0.1, 0.15) is 6.42 Å². The Kier molecular flexibility index (Phi) is 3.44. The van der Waals surface area contributed by atoms with Crippen molar-refractivity contribution < 1.29 is 13.6 Å². The quantitative estimate of drug-likeness (QED) is 0.926. The van der Waals surface area contributed by atoms with Gasteiger partial charge in [-0.05, 0) is 12.5 Å². The molecule has 8 heteroatoms. The third-order valence-electron chi connectivity index (χ3n) is 3.88. The summed E-state index contributed by atoms with van der Waals surface area (Å²) in [6.07, 6.45) is 0.933. The average Bonchev–Trinajstić information content (AvgIpc) is 3.13. The van der Waals surface area contributed by atoms with E-state index in [9.17, 15) is 13.6 Å². The SMILES string of the molecule is CN(C(=O)C(F)F)C1CCN(c2ncnc3[nH]ccc23)C1. The van der Waals surface area contributed by atoms with E-state index in [1.807, 2.05) is 11.0 Å². The molecule has 2 aromatic heterocycles. The number of nitrogens with one attached hydrogen (secondary N) is 1. The summed E-state index contributed by atoms with van der Waals surface area (Å²) in [5.41, 5.74) is 0.737. The van der Waals surface area contributed by atoms with Gasteiger partial charge < -0.3 is 14.8 Å². The van der Waals surface area contributed by atoms with Crippen LogP contribution in [0, 0.1) is 0 Å². The van der Waals surface area contributed by atoms with E-state index in [0.717, 1.165) is 21.8 Å². The zero-order chi connectivity index (χ0) is 15.0. The number of amides is 1. The molecule has 1 unspecified atom stereocenters. The molecule has 1 saturated heterocycles. The third kappa shape index (κ3) is 2.41. The van der Waals surface area contributed by atoms with Crippen molar-refractivity contribution in [2.24, 2.45) is 0 Å². The summed E-state index contributed by atoms with van der Waals surface area (Å²) in [6, 6.07) is 1.65. The standard InChI is InChI=1S/C13H15F2N5O/c1-19(13(21)10(14)15)8-3-5-20(6-8)12-9-2-4-16-11(9)17-7-18-12/h2,4,7-8,10H,3,5-6H2,1H3,(H,16,17,18). The zero-order valence-electron chi connectivity index (χ0n) is 11.5. The van der Waals surface area contributed by atoms with E-state index in [-0.39, 0.29) is 6.04 Å². The van der Waals surface area contributed by atoms with Gasteiger partial charge in [0.05, 0.1) is 11.4 Å². The molecule has 0 aromatic carbocycles. The van der Waals surface area contributed by atoms with Gasteiger partial charge in [0.25, 0.3) is 5.91 Å². The second-order valence-corrected chi connectivity index (χ2v) is 5.08. The Hall–Kier alpha value is -2.25. The predicted octanol–water partition coefficient (Wildman–Crippen LogP) is 1.26. The summed E-state index contributed by atoms with van der Waals surface area (Å²) in [4.78, 5) is 25.9. The molecule has 6 nitrogen and oxygen atoms in total. The summed E-state index contributed by atoms with van der Waals surface area (Å²) in [5, 5.41) is 0.890. The minimum absolute atomic E-state index is 0.226. The fourth-order valence-electron chi connectivity index (χ4n) is 2.69. The van der Waals surface area contributed by atoms with Crippen molar-refractivity contribution in [2.45, 2.75) is 18.9 Å². The summed E-state index contributed by atoms with van der Waals surface area (Å²) in [7, 11) is 1.43. The minimum Gasteiger partial charge on any atom is -0.354 e. The first kappa shape index (κ1) is 13.7. The van der Waals surface area contributed by atoms with E-state index >= 15 is 0 Å². The van der Waals surface area contributed by atoms with Crippen LogP contribution in [0.2, 0.25) is 0 Å². The number of carbonyl (C=O) groups excluding carboxylic acids is 1. The number of H-pyrrole nitrogens is 1. The zero-order valence-corrected chi connectivity index (χ0v) is 11.5. The number of nitrogens with zero attached hydrogens (tertiary/aromatic N) is 4. The first-order valence-electron chi connectivity index (χ1n) is 6.66. The molecule has 1 amide bonds. The van der Waals surface area contributed by atoms with Crippen LogP contribution in [0.25, 0.3) is 11.0 Å². The van der Waals surface area contributed by atoms with Gasteiger partial charge in [0.15, 0.2) is 0 Å². The summed E-state index contributed by atoms with van der Waals surface area (Å²) < 4.78 is 25.0. The normalized spacial score (nSPS) is 18.7. The molecule has 1 N–H and O–H groups in total. The Labute approximate surface area is 119 Å². The van der Waals surface area contributed by atoms with Gasteiger partial charge >= 0.3 is 6.43 Å². The molecule has 1 aliphatic heterocycles. The fourth-order valence-corrected chi connectivity index (χ4v) is 2.69. The molecular formula is C13H15F2N5O. The maximum atomic E-state index is 12.5. The molecule has 1 atom stereocenters. The molecule has 3 rings (SSSR count). The second kappa shape index (κ2) is 5.27. The number of carbonyl (C=O) groups is 1. The minimum atomic E-state index is -2.96. The van der Waals surface area contributed by atoms with E-state index in [4.69, 9.17) is 0 Å². The lowest BCUT2D eigenvalue weighted by Crippen LogP contribution is -2.42. The molecule has 3 heterocycles. The molecule has 2 aromatic rings. The number of hydrogen-bond donors (Lipinski definition) is 1. The number of alkyl halides is 2. The van der Waals surface area contributed by atoms with E-state index in [1.54, 1.807) is 6.20 Å². The van der Waals surface area contributed by atoms with Gasteiger partial charge in [-0.25, -0.2) is 9.97 Å². The number of aromatic nitrogens is 3. The number of fused-ring (bicyclic) bond motifs is 1. The van der Waals surface area contributed by atoms with Gasteiger partial charge in [-0.1, -0.05) is 0 Å². The molecular weight excluding hydrogens is 280 g/mol. The summed E-state index contributed by atoms with van der Waals surface area (Å²) >= 11 is 0. The van der Waals surface area contributed by atoms with Crippen LogP contribution in [0.3, 0.4) is 0 Å². The van der Waals surface area contributed by atoms with E-state index < -0.39 is 12.3 Å². The lowest BCUT2D eigenvalue weighted by Gasteiger charge is -2.25. The largest absolute Gasteiger partial charge is 0.354 e. The Bertz CT molecular complexity index is 659. The topological polar surface area (TPSA) is 65.1 Å². The van der Waals surface area contributed by atoms with Crippen LogP contribution >= 0.6 is 0 Å². The predicted molar refractivity (Wildman–Crippen MR) is 73.3 cm³/mol. The van der Waals surface area contributed by atoms with Crippen LogP contribution in [0.15, 0.2) is 18.6 Å². The van der Waals surface area contributed by atoms with E-state index in [1.165, 1.54) is 13.4 Å². The maximum Gasteiger partial charge on any atom is 0.315 e. The highest BCUT2D eigenvalue weighted by Crippen LogP contribution is 2.27. The van der Waals surface area contributed by atoms with Gasteiger partial charge in [0.1, 0.15) is 17.8 Å². The van der Waals surface area contributed by atoms with Gasteiger partial charge in [-0.3, -0.25) is 4.79 Å². The van der Waals surface area contributed by atoms with Crippen molar-refractivity contribution >= 4 is 22.8 Å². The number of anilines is 1. The number of aromatic amines is 1. The molecule has 1 fully saturated rings. The van der Waals surface area contributed by atoms with Crippen LogP contribution < -0.4 is 4.90 Å². The number of likely N-dealkylation sites (N-methyl/N-ethyl adjacent to an activating group) is 1. The highest BCUT2D eigenvalue weighted by Gasteiger charge is 2.32. The molecule has 0 saturated carbocycles. The molecule has 0 aliphatic carbocycles. The van der Waals surface area contributed by atoms with E-state index in [0.29, 0.717) is 19.5 Å². The second-order valence-electron chi connectivity index (χ2n) is 5.08. The van der Waals surface area contributed by atoms with Crippen LogP contribution in [0.5, 0.6) is 0 Å². The molecule has 0 radical (unpaired) electrons. The van der Waals surface area contributed by atoms with Crippen molar-refractivity contribution in [3.8, 4) is 0 Å². The first-order valence-corrected chi connectivity index (χ1v) is 6.66. The summed E-state index contributed by atoms with van der Waals surface area (Å²) in [5.74, 6) is -0.363. The lowest BCUT2D eigenvalue weighted by molar-refractivity contribution is -0.143. The highest BCUT2D eigenvalue weighted by atomic mass is 19.3. The Morgan fingerprint density at radius 2 is 2.33 bits per heavy atom. The third-order valence-corrected chi connectivity index (χ3v) is 3.88. The van der Waals surface area contributed by atoms with Crippen LogP contribution in [-0.2, 0) is 4.79 Å². The van der Waals surface area contributed by atoms with Crippen molar-refractivity contribution in [1.82, 2.24) is 19.9 Å². The highest BCUT2D eigenvalue weighted by molar-refractivity contribution is 5.87. The lowest BCUT2D eigenvalue weighted by atomic mass is 10.2.